The lowest BCUT2D eigenvalue weighted by molar-refractivity contribution is -0.159. The SMILES string of the molecule is C=CCCC(=O)NC[C@H](C)OC(=O)[C@@H]1[C@@H]2CC[C@]3(O2)[C@H](C(=O)N(CC=C)CCN2CCOCC2)N(CCCO)C(=O)[C@@H]13. The Morgan fingerprint density at radius 2 is 2.00 bits per heavy atom. The largest absolute Gasteiger partial charge is 0.460 e. The average Bonchev–Trinajstić information content (AvgIpc) is 3.63. The zero-order valence-corrected chi connectivity index (χ0v) is 24.7. The number of amides is 3. The van der Waals surface area contributed by atoms with E-state index in [1.807, 2.05) is 0 Å². The molecule has 4 aliphatic rings. The van der Waals surface area contributed by atoms with Crippen molar-refractivity contribution in [2.75, 3.05) is 65.6 Å². The van der Waals surface area contributed by atoms with E-state index in [9.17, 15) is 24.3 Å². The number of esters is 1. The summed E-state index contributed by atoms with van der Waals surface area (Å²) in [6, 6.07) is -0.907. The van der Waals surface area contributed by atoms with E-state index >= 15 is 0 Å². The summed E-state index contributed by atoms with van der Waals surface area (Å²) in [5.41, 5.74) is -1.14. The molecule has 2 N–H and O–H groups in total. The Kier molecular flexibility index (Phi) is 11.2. The fraction of sp³-hybridized carbons (Fsp3) is 0.733. The molecule has 12 nitrogen and oxygen atoms in total. The first-order chi connectivity index (χ1) is 20.3. The van der Waals surface area contributed by atoms with Crippen molar-refractivity contribution in [3.8, 4) is 0 Å². The second-order valence-electron chi connectivity index (χ2n) is 11.6. The number of morpholine rings is 1. The fourth-order valence-electron chi connectivity index (χ4n) is 6.79. The Balaban J connectivity index is 1.50. The molecule has 0 unspecified atom stereocenters. The number of aliphatic hydroxyl groups is 1. The van der Waals surface area contributed by atoms with Gasteiger partial charge in [-0.15, -0.1) is 13.2 Å². The van der Waals surface area contributed by atoms with Gasteiger partial charge in [-0.05, 0) is 32.6 Å². The quantitative estimate of drug-likeness (QED) is 0.189. The molecular formula is C30H46N4O8. The molecule has 234 valence electrons. The number of hydrogen-bond donors (Lipinski definition) is 2. The number of allylic oxidation sites excluding steroid dienone is 1. The minimum Gasteiger partial charge on any atom is -0.460 e. The lowest BCUT2D eigenvalue weighted by Crippen LogP contribution is -2.57. The second-order valence-corrected chi connectivity index (χ2v) is 11.6. The monoisotopic (exact) mass is 590 g/mol. The van der Waals surface area contributed by atoms with Crippen LogP contribution in [0.3, 0.4) is 0 Å². The number of hydrogen-bond acceptors (Lipinski definition) is 9. The summed E-state index contributed by atoms with van der Waals surface area (Å²) in [5, 5.41) is 12.3. The van der Waals surface area contributed by atoms with Gasteiger partial charge in [-0.1, -0.05) is 12.2 Å². The van der Waals surface area contributed by atoms with Crippen LogP contribution in [0.25, 0.3) is 0 Å². The number of nitrogens with one attached hydrogen (secondary N) is 1. The van der Waals surface area contributed by atoms with Gasteiger partial charge >= 0.3 is 5.97 Å². The van der Waals surface area contributed by atoms with E-state index in [0.29, 0.717) is 65.0 Å². The van der Waals surface area contributed by atoms with Crippen LogP contribution < -0.4 is 5.32 Å². The smallest absolute Gasteiger partial charge is 0.312 e. The van der Waals surface area contributed by atoms with Crippen molar-refractivity contribution in [3.05, 3.63) is 25.3 Å². The van der Waals surface area contributed by atoms with Crippen LogP contribution in [0.1, 0.15) is 39.0 Å². The van der Waals surface area contributed by atoms with Crippen molar-refractivity contribution >= 4 is 23.7 Å². The van der Waals surface area contributed by atoms with Crippen LogP contribution in [-0.4, -0.2) is 133 Å². The van der Waals surface area contributed by atoms with Crippen molar-refractivity contribution < 1.29 is 38.5 Å². The van der Waals surface area contributed by atoms with Crippen molar-refractivity contribution in [1.82, 2.24) is 20.0 Å². The minimum absolute atomic E-state index is 0.138. The van der Waals surface area contributed by atoms with Gasteiger partial charge in [0, 0.05) is 52.3 Å². The number of ether oxygens (including phenoxy) is 3. The van der Waals surface area contributed by atoms with E-state index in [-0.39, 0.29) is 37.4 Å². The third kappa shape index (κ3) is 6.72. The first-order valence-corrected chi connectivity index (χ1v) is 15.1. The average molecular weight is 591 g/mol. The number of carbonyl (C=O) groups excluding carboxylic acids is 4. The molecule has 3 amide bonds. The predicted octanol–water partition coefficient (Wildman–Crippen LogP) is 0.104. The Bertz CT molecular complexity index is 1020. The van der Waals surface area contributed by atoms with E-state index < -0.39 is 41.7 Å². The molecule has 4 fully saturated rings. The van der Waals surface area contributed by atoms with Crippen LogP contribution in [0.5, 0.6) is 0 Å². The second kappa shape index (κ2) is 14.6. The van der Waals surface area contributed by atoms with Crippen LogP contribution in [0.4, 0.5) is 0 Å². The summed E-state index contributed by atoms with van der Waals surface area (Å²) < 4.78 is 17.6. The lowest BCUT2D eigenvalue weighted by Gasteiger charge is -2.37. The van der Waals surface area contributed by atoms with E-state index in [2.05, 4.69) is 23.4 Å². The third-order valence-electron chi connectivity index (χ3n) is 8.79. The van der Waals surface area contributed by atoms with Gasteiger partial charge in [-0.2, -0.15) is 0 Å². The highest BCUT2D eigenvalue weighted by molar-refractivity contribution is 5.98. The number of carbonyl (C=O) groups is 4. The molecule has 4 aliphatic heterocycles. The number of likely N-dealkylation sites (tertiary alicyclic amines) is 1. The summed E-state index contributed by atoms with van der Waals surface area (Å²) in [4.78, 5) is 59.2. The number of aliphatic hydroxyl groups excluding tert-OH is 1. The van der Waals surface area contributed by atoms with E-state index in [4.69, 9.17) is 14.2 Å². The summed E-state index contributed by atoms with van der Waals surface area (Å²) in [7, 11) is 0. The molecule has 4 heterocycles. The van der Waals surface area contributed by atoms with Crippen LogP contribution in [0, 0.1) is 11.8 Å². The van der Waals surface area contributed by atoms with Gasteiger partial charge in [0.25, 0.3) is 0 Å². The van der Waals surface area contributed by atoms with Crippen LogP contribution in [0.15, 0.2) is 25.3 Å². The molecule has 12 heteroatoms. The van der Waals surface area contributed by atoms with E-state index in [1.54, 1.807) is 24.0 Å². The van der Waals surface area contributed by atoms with Crippen molar-refractivity contribution in [3.63, 3.8) is 0 Å². The molecule has 42 heavy (non-hydrogen) atoms. The van der Waals surface area contributed by atoms with Crippen molar-refractivity contribution in [2.24, 2.45) is 11.8 Å². The van der Waals surface area contributed by atoms with Gasteiger partial charge in [0.2, 0.25) is 17.7 Å². The van der Waals surface area contributed by atoms with Gasteiger partial charge in [0.1, 0.15) is 17.7 Å². The molecule has 2 bridgehead atoms. The summed E-state index contributed by atoms with van der Waals surface area (Å²) in [5.74, 6) is -2.97. The van der Waals surface area contributed by atoms with Crippen LogP contribution >= 0.6 is 0 Å². The zero-order valence-electron chi connectivity index (χ0n) is 24.7. The number of fused-ring (bicyclic) bond motifs is 1. The van der Waals surface area contributed by atoms with Gasteiger partial charge in [-0.3, -0.25) is 24.1 Å². The molecular weight excluding hydrogens is 544 g/mol. The molecule has 1 spiro atoms. The minimum atomic E-state index is -1.14. The normalized spacial score (nSPS) is 29.2. The van der Waals surface area contributed by atoms with Crippen LogP contribution in [0.2, 0.25) is 0 Å². The highest BCUT2D eigenvalue weighted by Gasteiger charge is 2.75. The standard InChI is InChI=1S/C30H46N4O8/c1-4-6-8-23(36)31-20-21(3)41-29(39)24-22-9-10-30(42-22)25(24)27(37)34(12-7-17-35)26(30)28(38)33(11-5-2)14-13-32-15-18-40-19-16-32/h4-5,21-22,24-26,35H,1-2,6-20H2,3H3,(H,31,36)/t21-,22-,24+,25+,26-,30+/m0/s1. The maximum absolute atomic E-state index is 14.3. The third-order valence-corrected chi connectivity index (χ3v) is 8.79. The Morgan fingerprint density at radius 1 is 1.24 bits per heavy atom. The first kappa shape index (κ1) is 32.1. The fourth-order valence-corrected chi connectivity index (χ4v) is 6.79. The van der Waals surface area contributed by atoms with Crippen LogP contribution in [-0.2, 0) is 33.4 Å². The number of rotatable bonds is 16. The maximum atomic E-state index is 14.3. The predicted molar refractivity (Wildman–Crippen MR) is 153 cm³/mol. The lowest BCUT2D eigenvalue weighted by atomic mass is 9.70. The van der Waals surface area contributed by atoms with Crippen molar-refractivity contribution in [2.45, 2.75) is 62.9 Å². The van der Waals surface area contributed by atoms with E-state index in [1.165, 1.54) is 4.90 Å². The van der Waals surface area contributed by atoms with E-state index in [0.717, 1.165) is 13.1 Å². The van der Waals surface area contributed by atoms with Gasteiger partial charge < -0.3 is 34.4 Å². The van der Waals surface area contributed by atoms with Gasteiger partial charge in [-0.25, -0.2) is 0 Å². The first-order valence-electron chi connectivity index (χ1n) is 15.1. The zero-order chi connectivity index (χ0) is 30.3. The molecule has 0 aromatic rings. The maximum Gasteiger partial charge on any atom is 0.312 e. The molecule has 0 radical (unpaired) electrons. The summed E-state index contributed by atoms with van der Waals surface area (Å²) >= 11 is 0. The van der Waals surface area contributed by atoms with Crippen molar-refractivity contribution in [1.29, 1.82) is 0 Å². The summed E-state index contributed by atoms with van der Waals surface area (Å²) in [6.45, 7) is 13.6. The topological polar surface area (TPSA) is 138 Å². The Morgan fingerprint density at radius 3 is 2.69 bits per heavy atom. The Labute approximate surface area is 248 Å². The number of nitrogens with zero attached hydrogens (tertiary/aromatic N) is 3. The van der Waals surface area contributed by atoms with Gasteiger partial charge in [0.15, 0.2) is 0 Å². The molecule has 6 atom stereocenters. The molecule has 0 aliphatic carbocycles. The molecule has 0 saturated carbocycles. The van der Waals surface area contributed by atoms with Gasteiger partial charge in [0.05, 0.1) is 37.7 Å². The highest BCUT2D eigenvalue weighted by Crippen LogP contribution is 2.58. The molecule has 4 saturated heterocycles. The summed E-state index contributed by atoms with van der Waals surface area (Å²) in [6.07, 6.45) is 4.36. The molecule has 0 aromatic carbocycles. The molecule has 0 aromatic heterocycles. The molecule has 4 rings (SSSR count). The Hall–Kier alpha value is -2.80. The highest BCUT2D eigenvalue weighted by atomic mass is 16.6.